The molecule has 0 spiro atoms. The quantitative estimate of drug-likeness (QED) is 0.825. The number of carbonyl (C=O) groups excluding carboxylic acids is 2. The number of esters is 1. The van der Waals surface area contributed by atoms with E-state index < -0.39 is 12.0 Å². The molecule has 7 nitrogen and oxygen atoms in total. The molecule has 116 valence electrons. The van der Waals surface area contributed by atoms with Crippen LogP contribution < -0.4 is 10.2 Å². The smallest absolute Gasteiger partial charge is 0.351 e. The third kappa shape index (κ3) is 3.45. The lowest BCUT2D eigenvalue weighted by Crippen LogP contribution is -2.54. The molecule has 2 heterocycles. The van der Waals surface area contributed by atoms with Crippen LogP contribution in [0.4, 0.5) is 5.13 Å². The van der Waals surface area contributed by atoms with E-state index in [1.165, 1.54) is 7.11 Å². The number of aromatic nitrogens is 1. The lowest BCUT2D eigenvalue weighted by molar-refractivity contribution is -0.124. The predicted octanol–water partition coefficient (Wildman–Crippen LogP) is 0.924. The molecule has 1 aromatic rings. The molecule has 0 radical (unpaired) electrons. The molecule has 1 aliphatic heterocycles. The summed E-state index contributed by atoms with van der Waals surface area (Å²) in [6.45, 7) is 3.65. The SMILES string of the molecule is CCNC(=O)C1COCCN1c1nc(Cl)c(C(=O)OC)s1. The Hall–Kier alpha value is -1.38. The fraction of sp³-hybridized carbons (Fsp3) is 0.583. The van der Waals surface area contributed by atoms with E-state index in [0.29, 0.717) is 24.8 Å². The first kappa shape index (κ1) is 16.0. The molecule has 1 N–H and O–H groups in total. The van der Waals surface area contributed by atoms with Gasteiger partial charge in [0.2, 0.25) is 5.91 Å². The number of carbonyl (C=O) groups is 2. The Balaban J connectivity index is 2.25. The fourth-order valence-electron chi connectivity index (χ4n) is 1.97. The van der Waals surface area contributed by atoms with Crippen LogP contribution in [0.1, 0.15) is 16.6 Å². The minimum atomic E-state index is -0.536. The molecule has 9 heteroatoms. The van der Waals surface area contributed by atoms with Gasteiger partial charge in [0.15, 0.2) is 15.2 Å². The molecule has 2 rings (SSSR count). The van der Waals surface area contributed by atoms with Crippen LogP contribution >= 0.6 is 22.9 Å². The number of amides is 1. The molecule has 0 bridgehead atoms. The molecule has 1 aliphatic rings. The molecular weight excluding hydrogens is 318 g/mol. The molecule has 1 unspecified atom stereocenters. The van der Waals surface area contributed by atoms with Gasteiger partial charge in [-0.1, -0.05) is 22.9 Å². The summed E-state index contributed by atoms with van der Waals surface area (Å²) in [6, 6.07) is -0.480. The summed E-state index contributed by atoms with van der Waals surface area (Å²) in [6.07, 6.45) is 0. The number of morpholine rings is 1. The zero-order chi connectivity index (χ0) is 15.4. The number of methoxy groups -OCH3 is 1. The molecule has 0 saturated carbocycles. The maximum atomic E-state index is 12.1. The van der Waals surface area contributed by atoms with Gasteiger partial charge in [0.05, 0.1) is 20.3 Å². The maximum absolute atomic E-state index is 12.1. The highest BCUT2D eigenvalue weighted by atomic mass is 35.5. The Labute approximate surface area is 131 Å². The van der Waals surface area contributed by atoms with E-state index in [2.05, 4.69) is 15.0 Å². The molecule has 1 saturated heterocycles. The van der Waals surface area contributed by atoms with E-state index >= 15 is 0 Å². The van der Waals surface area contributed by atoms with E-state index in [1.807, 2.05) is 6.92 Å². The Morgan fingerprint density at radius 2 is 2.38 bits per heavy atom. The van der Waals surface area contributed by atoms with Crippen molar-refractivity contribution in [3.05, 3.63) is 10.0 Å². The first-order chi connectivity index (χ1) is 10.1. The van der Waals surface area contributed by atoms with Crippen molar-refractivity contribution < 1.29 is 19.1 Å². The summed E-state index contributed by atoms with van der Waals surface area (Å²) in [7, 11) is 1.28. The zero-order valence-electron chi connectivity index (χ0n) is 11.7. The number of hydrogen-bond donors (Lipinski definition) is 1. The van der Waals surface area contributed by atoms with Crippen molar-refractivity contribution in [3.8, 4) is 0 Å². The highest BCUT2D eigenvalue weighted by Crippen LogP contribution is 2.32. The van der Waals surface area contributed by atoms with Crippen LogP contribution in [0, 0.1) is 0 Å². The zero-order valence-corrected chi connectivity index (χ0v) is 13.3. The maximum Gasteiger partial charge on any atom is 0.351 e. The van der Waals surface area contributed by atoms with Gasteiger partial charge in [-0.05, 0) is 6.92 Å². The second-order valence-corrected chi connectivity index (χ2v) is 5.62. The molecular formula is C12H16ClN3O4S. The van der Waals surface area contributed by atoms with Gasteiger partial charge < -0.3 is 19.7 Å². The van der Waals surface area contributed by atoms with Crippen LogP contribution in [0.15, 0.2) is 0 Å². The topological polar surface area (TPSA) is 80.8 Å². The Kier molecular flexibility index (Phi) is 5.38. The van der Waals surface area contributed by atoms with E-state index in [-0.39, 0.29) is 22.5 Å². The summed E-state index contributed by atoms with van der Waals surface area (Å²) in [5.74, 6) is -0.672. The van der Waals surface area contributed by atoms with Crippen LogP contribution in [0.3, 0.4) is 0 Å². The average Bonchev–Trinajstić information content (AvgIpc) is 2.88. The average molecular weight is 334 g/mol. The van der Waals surface area contributed by atoms with Gasteiger partial charge >= 0.3 is 5.97 Å². The first-order valence-electron chi connectivity index (χ1n) is 6.45. The summed E-state index contributed by atoms with van der Waals surface area (Å²) in [5, 5.41) is 3.36. The number of thiazole rings is 1. The van der Waals surface area contributed by atoms with Crippen molar-refractivity contribution in [3.63, 3.8) is 0 Å². The van der Waals surface area contributed by atoms with Gasteiger partial charge in [-0.25, -0.2) is 9.78 Å². The van der Waals surface area contributed by atoms with Crippen LogP contribution in [0.5, 0.6) is 0 Å². The number of ether oxygens (including phenoxy) is 2. The minimum Gasteiger partial charge on any atom is -0.465 e. The molecule has 1 aromatic heterocycles. The lowest BCUT2D eigenvalue weighted by Gasteiger charge is -2.34. The molecule has 0 aliphatic carbocycles. The lowest BCUT2D eigenvalue weighted by atomic mass is 10.2. The number of hydrogen-bond acceptors (Lipinski definition) is 7. The van der Waals surface area contributed by atoms with Crippen LogP contribution in [0.25, 0.3) is 0 Å². The Morgan fingerprint density at radius 1 is 1.62 bits per heavy atom. The number of likely N-dealkylation sites (N-methyl/N-ethyl adjacent to an activating group) is 1. The predicted molar refractivity (Wildman–Crippen MR) is 79.1 cm³/mol. The molecule has 1 amide bonds. The van der Waals surface area contributed by atoms with Gasteiger partial charge in [-0.3, -0.25) is 4.79 Å². The first-order valence-corrected chi connectivity index (χ1v) is 7.64. The van der Waals surface area contributed by atoms with E-state index in [4.69, 9.17) is 16.3 Å². The van der Waals surface area contributed by atoms with Gasteiger partial charge in [-0.15, -0.1) is 0 Å². The van der Waals surface area contributed by atoms with Crippen molar-refractivity contribution >= 4 is 39.9 Å². The van der Waals surface area contributed by atoms with Crippen molar-refractivity contribution in [2.75, 3.05) is 38.3 Å². The van der Waals surface area contributed by atoms with E-state index in [9.17, 15) is 9.59 Å². The largest absolute Gasteiger partial charge is 0.465 e. The Bertz CT molecular complexity index is 537. The molecule has 0 aromatic carbocycles. The van der Waals surface area contributed by atoms with Crippen LogP contribution in [-0.4, -0.2) is 56.3 Å². The van der Waals surface area contributed by atoms with Crippen LogP contribution in [-0.2, 0) is 14.3 Å². The standard InChI is InChI=1S/C12H16ClN3O4S/c1-3-14-10(17)7-6-20-5-4-16(7)12-15-9(13)8(21-12)11(18)19-2/h7H,3-6H2,1-2H3,(H,14,17). The minimum absolute atomic E-state index is 0.0861. The van der Waals surface area contributed by atoms with Gasteiger partial charge in [0, 0.05) is 13.1 Å². The van der Waals surface area contributed by atoms with E-state index in [0.717, 1.165) is 11.3 Å². The van der Waals surface area contributed by atoms with Crippen molar-refractivity contribution in [1.82, 2.24) is 10.3 Å². The van der Waals surface area contributed by atoms with E-state index in [1.54, 1.807) is 4.90 Å². The summed E-state index contributed by atoms with van der Waals surface area (Å²) in [5.41, 5.74) is 0. The van der Waals surface area contributed by atoms with Gasteiger partial charge in [-0.2, -0.15) is 0 Å². The molecule has 1 atom stereocenters. The van der Waals surface area contributed by atoms with Crippen molar-refractivity contribution in [1.29, 1.82) is 0 Å². The number of halogens is 1. The number of anilines is 1. The summed E-state index contributed by atoms with van der Waals surface area (Å²) >= 11 is 7.08. The number of rotatable bonds is 4. The summed E-state index contributed by atoms with van der Waals surface area (Å²) in [4.78, 5) is 29.9. The number of nitrogens with one attached hydrogen (secondary N) is 1. The van der Waals surface area contributed by atoms with Crippen LogP contribution in [0.2, 0.25) is 5.15 Å². The van der Waals surface area contributed by atoms with Crippen molar-refractivity contribution in [2.24, 2.45) is 0 Å². The third-order valence-electron chi connectivity index (χ3n) is 2.97. The monoisotopic (exact) mass is 333 g/mol. The highest BCUT2D eigenvalue weighted by Gasteiger charge is 2.32. The number of nitrogens with zero attached hydrogens (tertiary/aromatic N) is 2. The van der Waals surface area contributed by atoms with Gasteiger partial charge in [0.25, 0.3) is 0 Å². The second kappa shape index (κ2) is 7.06. The normalized spacial score (nSPS) is 18.4. The van der Waals surface area contributed by atoms with Gasteiger partial charge in [0.1, 0.15) is 6.04 Å². The van der Waals surface area contributed by atoms with Crippen molar-refractivity contribution in [2.45, 2.75) is 13.0 Å². The fourth-order valence-corrected chi connectivity index (χ4v) is 3.25. The highest BCUT2D eigenvalue weighted by molar-refractivity contribution is 7.18. The third-order valence-corrected chi connectivity index (χ3v) is 4.43. The Morgan fingerprint density at radius 3 is 3.05 bits per heavy atom. The molecule has 21 heavy (non-hydrogen) atoms. The second-order valence-electron chi connectivity index (χ2n) is 4.29. The summed E-state index contributed by atoms with van der Waals surface area (Å²) < 4.78 is 10.0. The molecule has 1 fully saturated rings.